The second-order valence-electron chi connectivity index (χ2n) is 20.4. The van der Waals surface area contributed by atoms with Gasteiger partial charge in [-0.2, -0.15) is 0 Å². The third-order valence-corrected chi connectivity index (χ3v) is 12.5. The second kappa shape index (κ2) is 30.6. The summed E-state index contributed by atoms with van der Waals surface area (Å²) in [6.45, 7) is 15.2. The number of rotatable bonds is 13. The van der Waals surface area contributed by atoms with E-state index in [1.165, 1.54) is 20.0 Å². The summed E-state index contributed by atoms with van der Waals surface area (Å²) < 4.78 is 5.82. The topological polar surface area (TPSA) is 322 Å². The Morgan fingerprint density at radius 1 is 0.662 bits per heavy atom. The maximum absolute atomic E-state index is 14.6. The SMILES string of the molecule is CC=Cc1ccccc1C=CC(=O)NC1C(=O)NC(CC(N)=O)C(=O)NC(C(C)C)C(=O)N(C)C(Cc2ccccc2)C(=O)NC(C(C)C)C(=O)NCC(=O)NCC(=O)NC(C(C)C)C(=O)NC(CC(C)C)C(=O)OC1C. The van der Waals surface area contributed by atoms with Crippen LogP contribution in [-0.4, -0.2) is 138 Å². The van der Waals surface area contributed by atoms with Crippen molar-refractivity contribution in [2.45, 2.75) is 137 Å². The Hall–Kier alpha value is -7.91. The number of carbonyl (C=O) groups excluding carboxylic acids is 11. The van der Waals surface area contributed by atoms with E-state index in [1.807, 2.05) is 31.2 Å². The monoisotopic (exact) mass is 1070 g/mol. The molecule has 1 aliphatic rings. The van der Waals surface area contributed by atoms with Crippen molar-refractivity contribution < 1.29 is 57.5 Å². The van der Waals surface area contributed by atoms with Gasteiger partial charge in [0.05, 0.1) is 19.5 Å². The Morgan fingerprint density at radius 2 is 1.21 bits per heavy atom. The maximum atomic E-state index is 14.6. The van der Waals surface area contributed by atoms with Crippen LogP contribution < -0.4 is 48.3 Å². The first-order valence-corrected chi connectivity index (χ1v) is 25.8. The first-order valence-electron chi connectivity index (χ1n) is 25.8. The fourth-order valence-electron chi connectivity index (χ4n) is 8.16. The molecule has 420 valence electrons. The van der Waals surface area contributed by atoms with Crippen LogP contribution in [0, 0.1) is 23.7 Å². The van der Waals surface area contributed by atoms with E-state index in [1.54, 1.807) is 97.9 Å². The van der Waals surface area contributed by atoms with Crippen LogP contribution in [-0.2, 0) is 63.9 Å². The minimum atomic E-state index is -1.79. The van der Waals surface area contributed by atoms with Gasteiger partial charge < -0.3 is 57.9 Å². The molecule has 3 rings (SSSR count). The van der Waals surface area contributed by atoms with Gasteiger partial charge in [-0.25, -0.2) is 4.79 Å². The van der Waals surface area contributed by atoms with Gasteiger partial charge in [0.25, 0.3) is 0 Å². The first kappa shape index (κ1) is 63.4. The molecule has 8 atom stereocenters. The van der Waals surface area contributed by atoms with Gasteiger partial charge in [-0.1, -0.05) is 122 Å². The van der Waals surface area contributed by atoms with E-state index in [0.29, 0.717) is 11.1 Å². The summed E-state index contributed by atoms with van der Waals surface area (Å²) in [6, 6.07) is 5.70. The quantitative estimate of drug-likeness (QED) is 0.0994. The molecule has 2 aromatic rings. The molecule has 0 radical (unpaired) electrons. The van der Waals surface area contributed by atoms with Crippen LogP contribution >= 0.6 is 0 Å². The van der Waals surface area contributed by atoms with E-state index >= 15 is 0 Å². The highest BCUT2D eigenvalue weighted by atomic mass is 16.5. The largest absolute Gasteiger partial charge is 0.458 e. The number of benzene rings is 2. The summed E-state index contributed by atoms with van der Waals surface area (Å²) in [7, 11) is 1.34. The van der Waals surface area contributed by atoms with Crippen molar-refractivity contribution in [3.63, 3.8) is 0 Å². The zero-order valence-electron chi connectivity index (χ0n) is 45.9. The van der Waals surface area contributed by atoms with Crippen molar-refractivity contribution in [3.05, 3.63) is 83.4 Å². The molecule has 10 amide bonds. The number of ether oxygens (including phenoxy) is 1. The normalized spacial score (nSPS) is 23.8. The summed E-state index contributed by atoms with van der Waals surface area (Å²) in [4.78, 5) is 153. The molecule has 22 nitrogen and oxygen atoms in total. The molecule has 0 bridgehead atoms. The van der Waals surface area contributed by atoms with Gasteiger partial charge >= 0.3 is 5.97 Å². The van der Waals surface area contributed by atoms with Gasteiger partial charge in [-0.05, 0) is 66.7 Å². The summed E-state index contributed by atoms with van der Waals surface area (Å²) in [5, 5.41) is 20.4. The van der Waals surface area contributed by atoms with Gasteiger partial charge in [0.2, 0.25) is 59.1 Å². The van der Waals surface area contributed by atoms with Crippen LogP contribution in [0.2, 0.25) is 0 Å². The van der Waals surface area contributed by atoms with Crippen LogP contribution in [0.1, 0.15) is 98.8 Å². The van der Waals surface area contributed by atoms with Crippen molar-refractivity contribution in [1.82, 2.24) is 47.4 Å². The Kier molecular flexibility index (Phi) is 25.2. The molecule has 77 heavy (non-hydrogen) atoms. The Morgan fingerprint density at radius 3 is 1.78 bits per heavy atom. The zero-order chi connectivity index (χ0) is 57.7. The summed E-state index contributed by atoms with van der Waals surface area (Å²) in [5.41, 5.74) is 7.65. The molecule has 0 spiro atoms. The fraction of sp³-hybridized carbons (Fsp3) is 0.509. The number of nitrogens with zero attached hydrogens (tertiary/aromatic N) is 1. The molecule has 10 N–H and O–H groups in total. The lowest BCUT2D eigenvalue weighted by Gasteiger charge is -2.34. The van der Waals surface area contributed by atoms with Crippen LogP contribution in [0.3, 0.4) is 0 Å². The van der Waals surface area contributed by atoms with Crippen molar-refractivity contribution in [3.8, 4) is 0 Å². The number of nitrogens with one attached hydrogen (secondary N) is 8. The number of primary amides is 1. The number of carbonyl (C=O) groups is 11. The van der Waals surface area contributed by atoms with E-state index in [9.17, 15) is 52.7 Å². The highest BCUT2D eigenvalue weighted by Gasteiger charge is 2.40. The lowest BCUT2D eigenvalue weighted by atomic mass is 9.97. The maximum Gasteiger partial charge on any atom is 0.328 e. The third-order valence-electron chi connectivity index (χ3n) is 12.5. The average Bonchev–Trinajstić information content (AvgIpc) is 3.36. The molecular weight excluding hydrogens is 993 g/mol. The third kappa shape index (κ3) is 20.3. The molecule has 0 aliphatic carbocycles. The van der Waals surface area contributed by atoms with E-state index in [2.05, 4.69) is 42.5 Å². The van der Waals surface area contributed by atoms with E-state index < -0.39 is 151 Å². The summed E-state index contributed by atoms with van der Waals surface area (Å²) in [5.74, 6) is -11.8. The van der Waals surface area contributed by atoms with E-state index in [4.69, 9.17) is 10.5 Å². The van der Waals surface area contributed by atoms with Crippen molar-refractivity contribution in [1.29, 1.82) is 0 Å². The van der Waals surface area contributed by atoms with Gasteiger partial charge in [0.15, 0.2) is 0 Å². The molecule has 8 unspecified atom stereocenters. The van der Waals surface area contributed by atoms with Gasteiger partial charge in [-0.3, -0.25) is 47.9 Å². The van der Waals surface area contributed by atoms with Crippen molar-refractivity contribution >= 4 is 77.2 Å². The molecule has 0 aromatic heterocycles. The Bertz CT molecular complexity index is 2490. The van der Waals surface area contributed by atoms with E-state index in [-0.39, 0.29) is 18.8 Å². The van der Waals surface area contributed by atoms with Gasteiger partial charge in [0, 0.05) is 19.5 Å². The number of esters is 1. The minimum Gasteiger partial charge on any atom is -0.458 e. The number of nitrogens with two attached hydrogens (primary N) is 1. The van der Waals surface area contributed by atoms with Crippen molar-refractivity contribution in [2.24, 2.45) is 29.4 Å². The number of hydrogen-bond donors (Lipinski definition) is 9. The fourth-order valence-corrected chi connectivity index (χ4v) is 8.16. The Balaban J connectivity index is 2.19. The first-order chi connectivity index (χ1) is 36.2. The molecule has 1 saturated heterocycles. The molecule has 22 heteroatoms. The summed E-state index contributed by atoms with van der Waals surface area (Å²) >= 11 is 0. The number of amides is 10. The molecule has 0 saturated carbocycles. The van der Waals surface area contributed by atoms with Crippen LogP contribution in [0.15, 0.2) is 66.7 Å². The standard InChI is InChI=1S/C55H78N10O12/c1-12-18-36-21-16-17-22-37(36)23-24-42(67)61-48-34(10)77-55(76)39(25-30(2)3)60-52(73)46(32(6)7)62-44(69)29-57-43(68)28-58-51(72)45(31(4)5)63-50(71)40(26-35-19-14-13-15-20-35)65(11)54(75)47(33(8)9)64-49(70)38(27-41(56)66)59-53(48)74/h12-24,30-34,38-40,45-48H,25-29H2,1-11H3,(H2,56,66)(H,57,68)(H,58,72)(H,59,74)(H,60,73)(H,61,67)(H,62,69)(H,63,71)(H,64,70). The van der Waals surface area contributed by atoms with Crippen molar-refractivity contribution in [2.75, 3.05) is 20.1 Å². The highest BCUT2D eigenvalue weighted by Crippen LogP contribution is 2.17. The predicted molar refractivity (Wildman–Crippen MR) is 288 cm³/mol. The average molecular weight is 1070 g/mol. The van der Waals surface area contributed by atoms with E-state index in [0.717, 1.165) is 16.5 Å². The molecular formula is C55H78N10O12. The van der Waals surface area contributed by atoms with Gasteiger partial charge in [-0.15, -0.1) is 0 Å². The number of allylic oxidation sites excluding steroid dienone is 1. The Labute approximate surface area is 450 Å². The lowest BCUT2D eigenvalue weighted by molar-refractivity contribution is -0.156. The lowest BCUT2D eigenvalue weighted by Crippen LogP contribution is -2.62. The smallest absolute Gasteiger partial charge is 0.328 e. The second-order valence-corrected chi connectivity index (χ2v) is 20.4. The molecule has 1 heterocycles. The predicted octanol–water partition coefficient (Wildman–Crippen LogP) is 0.779. The van der Waals surface area contributed by atoms with Gasteiger partial charge in [0.1, 0.15) is 48.4 Å². The number of likely N-dealkylation sites (N-methyl/N-ethyl adjacent to an activating group) is 1. The van der Waals surface area contributed by atoms with Crippen LogP contribution in [0.25, 0.3) is 12.2 Å². The molecule has 2 aromatic carbocycles. The zero-order valence-corrected chi connectivity index (χ0v) is 45.9. The molecule has 1 aliphatic heterocycles. The van der Waals surface area contributed by atoms with Crippen LogP contribution in [0.5, 0.6) is 0 Å². The number of cyclic esters (lactones) is 1. The number of hydrogen-bond acceptors (Lipinski definition) is 12. The van der Waals surface area contributed by atoms with Crippen LogP contribution in [0.4, 0.5) is 0 Å². The summed E-state index contributed by atoms with van der Waals surface area (Å²) in [6.07, 6.45) is 3.87. The minimum absolute atomic E-state index is 0.00946. The highest BCUT2D eigenvalue weighted by molar-refractivity contribution is 6.00. The molecule has 1 fully saturated rings.